The quantitative estimate of drug-likeness (QED) is 0.939. The average molecular weight is 280 g/mol. The van der Waals surface area contributed by atoms with Gasteiger partial charge in [0.1, 0.15) is 0 Å². The summed E-state index contributed by atoms with van der Waals surface area (Å²) in [5.74, 6) is 0. The molecule has 2 aromatic heterocycles. The van der Waals surface area contributed by atoms with Gasteiger partial charge in [-0.15, -0.1) is 22.7 Å². The fourth-order valence-corrected chi connectivity index (χ4v) is 3.85. The van der Waals surface area contributed by atoms with Crippen LogP contribution < -0.4 is 5.73 Å². The molecule has 6 heteroatoms. The number of nitrogens with zero attached hydrogens (tertiary/aromatic N) is 3. The van der Waals surface area contributed by atoms with Crippen LogP contribution in [0.5, 0.6) is 0 Å². The molecule has 0 aliphatic carbocycles. The lowest BCUT2D eigenvalue weighted by Crippen LogP contribution is -2.22. The molecule has 1 aliphatic heterocycles. The van der Waals surface area contributed by atoms with Crippen LogP contribution in [-0.2, 0) is 6.54 Å². The number of nitrogen functional groups attached to an aromatic ring is 1. The van der Waals surface area contributed by atoms with Crippen molar-refractivity contribution in [2.45, 2.75) is 32.4 Å². The van der Waals surface area contributed by atoms with Crippen LogP contribution in [0.25, 0.3) is 0 Å². The van der Waals surface area contributed by atoms with Crippen LogP contribution in [0.3, 0.4) is 0 Å². The standard InChI is InChI=1S/C12H16N4S2/c1-8-15-10(7-17-8)11-3-2-4-16(11)6-9-5-14-12(13)18-9/h5,7,11H,2-4,6H2,1H3,(H2,13,14)/t11-/m1/s1. The Bertz CT molecular complexity index is 534. The lowest BCUT2D eigenvalue weighted by atomic mass is 10.1. The minimum absolute atomic E-state index is 0.471. The van der Waals surface area contributed by atoms with E-state index in [-0.39, 0.29) is 0 Å². The van der Waals surface area contributed by atoms with E-state index in [0.717, 1.165) is 18.1 Å². The zero-order valence-corrected chi connectivity index (χ0v) is 11.9. The lowest BCUT2D eigenvalue weighted by Gasteiger charge is -2.22. The maximum absolute atomic E-state index is 5.68. The molecule has 0 unspecified atom stereocenters. The lowest BCUT2D eigenvalue weighted by molar-refractivity contribution is 0.247. The normalized spacial score (nSPS) is 20.6. The van der Waals surface area contributed by atoms with Gasteiger partial charge < -0.3 is 5.73 Å². The number of thiazole rings is 2. The third kappa shape index (κ3) is 2.41. The van der Waals surface area contributed by atoms with Crippen LogP contribution in [0.2, 0.25) is 0 Å². The zero-order chi connectivity index (χ0) is 12.5. The Kier molecular flexibility index (Phi) is 3.32. The minimum Gasteiger partial charge on any atom is -0.375 e. The molecule has 0 saturated carbocycles. The Hall–Kier alpha value is -0.980. The van der Waals surface area contributed by atoms with Crippen molar-refractivity contribution in [3.05, 3.63) is 27.2 Å². The van der Waals surface area contributed by atoms with Gasteiger partial charge in [0.2, 0.25) is 0 Å². The molecule has 96 valence electrons. The number of hydrogen-bond acceptors (Lipinski definition) is 6. The summed E-state index contributed by atoms with van der Waals surface area (Å²) in [6, 6.07) is 0.471. The van der Waals surface area contributed by atoms with E-state index in [1.54, 1.807) is 22.7 Å². The van der Waals surface area contributed by atoms with Gasteiger partial charge in [0.15, 0.2) is 5.13 Å². The van der Waals surface area contributed by atoms with E-state index >= 15 is 0 Å². The highest BCUT2D eigenvalue weighted by molar-refractivity contribution is 7.15. The molecule has 0 radical (unpaired) electrons. The van der Waals surface area contributed by atoms with Crippen molar-refractivity contribution in [3.8, 4) is 0 Å². The summed E-state index contributed by atoms with van der Waals surface area (Å²) in [5.41, 5.74) is 6.91. The Morgan fingerprint density at radius 2 is 2.44 bits per heavy atom. The van der Waals surface area contributed by atoms with E-state index < -0.39 is 0 Å². The molecule has 0 amide bonds. The van der Waals surface area contributed by atoms with Crippen LogP contribution in [0.4, 0.5) is 5.13 Å². The third-order valence-corrected chi connectivity index (χ3v) is 4.88. The number of hydrogen-bond donors (Lipinski definition) is 1. The molecule has 1 aliphatic rings. The summed E-state index contributed by atoms with van der Waals surface area (Å²) in [6.45, 7) is 4.15. The van der Waals surface area contributed by atoms with Crippen molar-refractivity contribution in [2.75, 3.05) is 12.3 Å². The molecule has 0 bridgehead atoms. The Balaban J connectivity index is 1.75. The molecular weight excluding hydrogens is 264 g/mol. The monoisotopic (exact) mass is 280 g/mol. The first-order valence-corrected chi connectivity index (χ1v) is 7.78. The fraction of sp³-hybridized carbons (Fsp3) is 0.500. The molecule has 2 aromatic rings. The van der Waals surface area contributed by atoms with E-state index in [9.17, 15) is 0 Å². The van der Waals surface area contributed by atoms with E-state index in [2.05, 4.69) is 27.2 Å². The largest absolute Gasteiger partial charge is 0.375 e. The van der Waals surface area contributed by atoms with Crippen molar-refractivity contribution in [3.63, 3.8) is 0 Å². The highest BCUT2D eigenvalue weighted by Crippen LogP contribution is 2.34. The predicted octanol–water partition coefficient (Wildman–Crippen LogP) is 2.83. The molecule has 0 spiro atoms. The first-order valence-electron chi connectivity index (χ1n) is 6.08. The van der Waals surface area contributed by atoms with Gasteiger partial charge in [0.25, 0.3) is 0 Å². The number of rotatable bonds is 3. The summed E-state index contributed by atoms with van der Waals surface area (Å²) in [7, 11) is 0. The van der Waals surface area contributed by atoms with Crippen molar-refractivity contribution in [2.24, 2.45) is 0 Å². The molecule has 18 heavy (non-hydrogen) atoms. The third-order valence-electron chi connectivity index (χ3n) is 3.27. The second-order valence-electron chi connectivity index (χ2n) is 4.58. The molecule has 1 fully saturated rings. The van der Waals surface area contributed by atoms with Crippen molar-refractivity contribution < 1.29 is 0 Å². The molecule has 2 N–H and O–H groups in total. The first kappa shape index (κ1) is 12.1. The van der Waals surface area contributed by atoms with Gasteiger partial charge in [0, 0.05) is 23.0 Å². The van der Waals surface area contributed by atoms with Crippen LogP contribution in [0.15, 0.2) is 11.6 Å². The molecule has 3 rings (SSSR count). The Morgan fingerprint density at radius 1 is 1.56 bits per heavy atom. The molecule has 1 saturated heterocycles. The summed E-state index contributed by atoms with van der Waals surface area (Å²) in [6.07, 6.45) is 4.34. The second-order valence-corrected chi connectivity index (χ2v) is 6.79. The highest BCUT2D eigenvalue weighted by Gasteiger charge is 2.28. The summed E-state index contributed by atoms with van der Waals surface area (Å²) < 4.78 is 0. The molecule has 1 atom stereocenters. The second kappa shape index (κ2) is 4.95. The summed E-state index contributed by atoms with van der Waals surface area (Å²) >= 11 is 3.32. The highest BCUT2D eigenvalue weighted by atomic mass is 32.1. The van der Waals surface area contributed by atoms with Gasteiger partial charge in [-0.25, -0.2) is 9.97 Å². The molecular formula is C12H16N4S2. The summed E-state index contributed by atoms with van der Waals surface area (Å²) in [4.78, 5) is 12.5. The maximum Gasteiger partial charge on any atom is 0.180 e. The van der Waals surface area contributed by atoms with Crippen molar-refractivity contribution in [1.82, 2.24) is 14.9 Å². The van der Waals surface area contributed by atoms with Crippen LogP contribution >= 0.6 is 22.7 Å². The van der Waals surface area contributed by atoms with E-state index in [4.69, 9.17) is 5.73 Å². The average Bonchev–Trinajstić information content (AvgIpc) is 3.01. The summed E-state index contributed by atoms with van der Waals surface area (Å²) in [5, 5.41) is 4.00. The van der Waals surface area contributed by atoms with Crippen LogP contribution in [0, 0.1) is 6.92 Å². The van der Waals surface area contributed by atoms with Gasteiger partial charge in [-0.3, -0.25) is 4.90 Å². The number of aryl methyl sites for hydroxylation is 1. The Labute approximate surface area is 114 Å². The zero-order valence-electron chi connectivity index (χ0n) is 10.3. The topological polar surface area (TPSA) is 55.0 Å². The molecule has 0 aromatic carbocycles. The SMILES string of the molecule is Cc1nc([C@H]2CCCN2Cc2cnc(N)s2)cs1. The van der Waals surface area contributed by atoms with Gasteiger partial charge in [-0.05, 0) is 26.3 Å². The number of aromatic nitrogens is 2. The minimum atomic E-state index is 0.471. The van der Waals surface area contributed by atoms with Gasteiger partial charge >= 0.3 is 0 Å². The van der Waals surface area contributed by atoms with E-state index in [1.165, 1.54) is 23.4 Å². The van der Waals surface area contributed by atoms with Crippen molar-refractivity contribution >= 4 is 27.8 Å². The van der Waals surface area contributed by atoms with Gasteiger partial charge in [-0.2, -0.15) is 0 Å². The van der Waals surface area contributed by atoms with E-state index in [0.29, 0.717) is 11.2 Å². The molecule has 4 nitrogen and oxygen atoms in total. The number of likely N-dealkylation sites (tertiary alicyclic amines) is 1. The van der Waals surface area contributed by atoms with Gasteiger partial charge in [0.05, 0.1) is 16.7 Å². The number of nitrogens with two attached hydrogens (primary N) is 1. The van der Waals surface area contributed by atoms with Gasteiger partial charge in [-0.1, -0.05) is 0 Å². The fourth-order valence-electron chi connectivity index (χ4n) is 2.48. The maximum atomic E-state index is 5.68. The first-order chi connectivity index (χ1) is 8.72. The van der Waals surface area contributed by atoms with E-state index in [1.807, 2.05) is 6.20 Å². The van der Waals surface area contributed by atoms with Crippen LogP contribution in [0.1, 0.15) is 34.5 Å². The number of anilines is 1. The molecule has 3 heterocycles. The Morgan fingerprint density at radius 3 is 3.11 bits per heavy atom. The smallest absolute Gasteiger partial charge is 0.180 e. The van der Waals surface area contributed by atoms with Crippen LogP contribution in [-0.4, -0.2) is 21.4 Å². The predicted molar refractivity (Wildman–Crippen MR) is 75.8 cm³/mol. The van der Waals surface area contributed by atoms with Crippen molar-refractivity contribution in [1.29, 1.82) is 0 Å².